The molecule has 0 spiro atoms. The van der Waals surface area contributed by atoms with E-state index in [4.69, 9.17) is 4.74 Å². The number of thiophene rings is 1. The fourth-order valence-corrected chi connectivity index (χ4v) is 2.90. The second-order valence-corrected chi connectivity index (χ2v) is 4.73. The molecule has 0 unspecified atom stereocenters. The maximum absolute atomic E-state index is 5.42. The summed E-state index contributed by atoms with van der Waals surface area (Å²) in [6.07, 6.45) is 3.85. The van der Waals surface area contributed by atoms with Gasteiger partial charge in [0.05, 0.1) is 28.3 Å². The van der Waals surface area contributed by atoms with Crippen LogP contribution in [-0.2, 0) is 0 Å². The van der Waals surface area contributed by atoms with E-state index >= 15 is 0 Å². The van der Waals surface area contributed by atoms with Gasteiger partial charge < -0.3 is 14.7 Å². The van der Waals surface area contributed by atoms with Crippen LogP contribution in [0.25, 0.3) is 21.1 Å². The molecular formula is C13H12N2OS. The van der Waals surface area contributed by atoms with Crippen LogP contribution in [0, 0.1) is 0 Å². The summed E-state index contributed by atoms with van der Waals surface area (Å²) in [4.78, 5) is 8.72. The third-order valence-corrected chi connectivity index (χ3v) is 3.81. The van der Waals surface area contributed by atoms with Crippen LogP contribution in [0.3, 0.4) is 0 Å². The molecule has 0 aliphatic carbocycles. The minimum atomic E-state index is 0.905. The van der Waals surface area contributed by atoms with Crippen LogP contribution in [0.2, 0.25) is 0 Å². The van der Waals surface area contributed by atoms with E-state index in [1.807, 2.05) is 30.6 Å². The van der Waals surface area contributed by atoms with Gasteiger partial charge in [-0.3, -0.25) is 0 Å². The summed E-state index contributed by atoms with van der Waals surface area (Å²) in [5.74, 6) is 0.905. The van der Waals surface area contributed by atoms with Crippen LogP contribution in [0.4, 0.5) is 0 Å². The van der Waals surface area contributed by atoms with E-state index in [-0.39, 0.29) is 0 Å². The standard InChI is InChI=1S/C13H12N2OS/c1-16-11-8-12(9-4-2-6-14-9)17-13(11)10-5-3-7-15-10/h2-8,14-15H,1H3. The van der Waals surface area contributed by atoms with E-state index in [9.17, 15) is 0 Å². The molecule has 0 aliphatic rings. The molecule has 86 valence electrons. The minimum absolute atomic E-state index is 0.905. The SMILES string of the molecule is COc1cc(-c2ccc[nH]2)sc1-c1ccc[nH]1. The summed E-state index contributed by atoms with van der Waals surface area (Å²) in [6.45, 7) is 0. The summed E-state index contributed by atoms with van der Waals surface area (Å²) < 4.78 is 5.42. The molecule has 0 saturated carbocycles. The van der Waals surface area contributed by atoms with E-state index in [1.165, 1.54) is 4.88 Å². The zero-order valence-corrected chi connectivity index (χ0v) is 10.2. The van der Waals surface area contributed by atoms with Crippen molar-refractivity contribution in [2.75, 3.05) is 7.11 Å². The van der Waals surface area contributed by atoms with Crippen molar-refractivity contribution in [2.24, 2.45) is 0 Å². The lowest BCUT2D eigenvalue weighted by molar-refractivity contribution is 0.418. The zero-order chi connectivity index (χ0) is 11.7. The molecular weight excluding hydrogens is 232 g/mol. The number of H-pyrrole nitrogens is 2. The monoisotopic (exact) mass is 244 g/mol. The van der Waals surface area contributed by atoms with Gasteiger partial charge in [-0.05, 0) is 24.3 Å². The van der Waals surface area contributed by atoms with E-state index in [0.29, 0.717) is 0 Å². The van der Waals surface area contributed by atoms with Crippen LogP contribution in [0.5, 0.6) is 5.75 Å². The second kappa shape index (κ2) is 4.14. The van der Waals surface area contributed by atoms with Gasteiger partial charge in [-0.1, -0.05) is 0 Å². The maximum Gasteiger partial charge on any atom is 0.139 e. The minimum Gasteiger partial charge on any atom is -0.495 e. The lowest BCUT2D eigenvalue weighted by Crippen LogP contribution is -1.81. The molecule has 0 aromatic carbocycles. The van der Waals surface area contributed by atoms with Crippen LogP contribution < -0.4 is 4.74 Å². The lowest BCUT2D eigenvalue weighted by Gasteiger charge is -1.98. The largest absolute Gasteiger partial charge is 0.495 e. The van der Waals surface area contributed by atoms with Gasteiger partial charge >= 0.3 is 0 Å². The summed E-state index contributed by atoms with van der Waals surface area (Å²) in [7, 11) is 1.70. The summed E-state index contributed by atoms with van der Waals surface area (Å²) in [5.41, 5.74) is 2.20. The first kappa shape index (κ1) is 10.2. The molecule has 0 saturated heterocycles. The highest BCUT2D eigenvalue weighted by Crippen LogP contribution is 2.41. The molecule has 3 rings (SSSR count). The maximum atomic E-state index is 5.42. The van der Waals surface area contributed by atoms with Gasteiger partial charge in [-0.15, -0.1) is 11.3 Å². The predicted molar refractivity (Wildman–Crippen MR) is 70.4 cm³/mol. The van der Waals surface area contributed by atoms with Gasteiger partial charge in [0.2, 0.25) is 0 Å². The first-order valence-electron chi connectivity index (χ1n) is 5.34. The van der Waals surface area contributed by atoms with Crippen LogP contribution in [0.15, 0.2) is 42.7 Å². The van der Waals surface area contributed by atoms with Gasteiger partial charge in [0.25, 0.3) is 0 Å². The average Bonchev–Trinajstić information content (AvgIpc) is 3.09. The Morgan fingerprint density at radius 3 is 2.35 bits per heavy atom. The quantitative estimate of drug-likeness (QED) is 0.724. The zero-order valence-electron chi connectivity index (χ0n) is 9.36. The second-order valence-electron chi connectivity index (χ2n) is 3.68. The third kappa shape index (κ3) is 1.76. The number of aromatic amines is 2. The fraction of sp³-hybridized carbons (Fsp3) is 0.0769. The molecule has 3 aromatic heterocycles. The third-order valence-electron chi connectivity index (χ3n) is 2.62. The number of nitrogens with one attached hydrogen (secondary N) is 2. The van der Waals surface area contributed by atoms with Crippen molar-refractivity contribution in [1.82, 2.24) is 9.97 Å². The molecule has 2 N–H and O–H groups in total. The summed E-state index contributed by atoms with van der Waals surface area (Å²) >= 11 is 1.71. The van der Waals surface area contributed by atoms with Crippen molar-refractivity contribution in [3.63, 3.8) is 0 Å². The van der Waals surface area contributed by atoms with Crippen molar-refractivity contribution in [2.45, 2.75) is 0 Å². The fourth-order valence-electron chi connectivity index (χ4n) is 1.80. The van der Waals surface area contributed by atoms with Crippen molar-refractivity contribution in [1.29, 1.82) is 0 Å². The van der Waals surface area contributed by atoms with Gasteiger partial charge in [0.1, 0.15) is 5.75 Å². The van der Waals surface area contributed by atoms with E-state index < -0.39 is 0 Å². The molecule has 0 aliphatic heterocycles. The van der Waals surface area contributed by atoms with E-state index in [2.05, 4.69) is 22.1 Å². The van der Waals surface area contributed by atoms with Crippen molar-refractivity contribution in [3.05, 3.63) is 42.7 Å². The van der Waals surface area contributed by atoms with Crippen molar-refractivity contribution in [3.8, 4) is 26.9 Å². The average molecular weight is 244 g/mol. The van der Waals surface area contributed by atoms with Crippen LogP contribution >= 0.6 is 11.3 Å². The molecule has 0 atom stereocenters. The Labute approximate surface area is 103 Å². The number of hydrogen-bond acceptors (Lipinski definition) is 2. The Hall–Kier alpha value is -1.94. The van der Waals surface area contributed by atoms with Crippen LogP contribution in [-0.4, -0.2) is 17.1 Å². The number of aromatic nitrogens is 2. The number of ether oxygens (including phenoxy) is 1. The van der Waals surface area contributed by atoms with E-state index in [0.717, 1.165) is 22.0 Å². The van der Waals surface area contributed by atoms with Crippen molar-refractivity contribution >= 4 is 11.3 Å². The molecule has 0 radical (unpaired) electrons. The normalized spacial score (nSPS) is 10.6. The first-order valence-corrected chi connectivity index (χ1v) is 6.15. The Morgan fingerprint density at radius 2 is 1.76 bits per heavy atom. The predicted octanol–water partition coefficient (Wildman–Crippen LogP) is 3.75. The summed E-state index contributed by atoms with van der Waals surface area (Å²) in [5, 5.41) is 0. The Kier molecular flexibility index (Phi) is 2.49. The highest BCUT2D eigenvalue weighted by molar-refractivity contribution is 7.19. The summed E-state index contributed by atoms with van der Waals surface area (Å²) in [6, 6.07) is 10.2. The van der Waals surface area contributed by atoms with Gasteiger partial charge in [0.15, 0.2) is 0 Å². The molecule has 3 nitrogen and oxygen atoms in total. The first-order chi connectivity index (χ1) is 8.38. The smallest absolute Gasteiger partial charge is 0.139 e. The molecule has 3 heterocycles. The Morgan fingerprint density at radius 1 is 1.06 bits per heavy atom. The molecule has 0 amide bonds. The number of rotatable bonds is 3. The number of hydrogen-bond donors (Lipinski definition) is 2. The Balaban J connectivity index is 2.10. The molecule has 0 bridgehead atoms. The van der Waals surface area contributed by atoms with Crippen LogP contribution in [0.1, 0.15) is 0 Å². The Bertz CT molecular complexity index is 593. The molecule has 4 heteroatoms. The van der Waals surface area contributed by atoms with Gasteiger partial charge in [-0.2, -0.15) is 0 Å². The number of methoxy groups -OCH3 is 1. The molecule has 0 fully saturated rings. The van der Waals surface area contributed by atoms with E-state index in [1.54, 1.807) is 18.4 Å². The lowest BCUT2D eigenvalue weighted by atomic mass is 10.3. The van der Waals surface area contributed by atoms with Crippen molar-refractivity contribution < 1.29 is 4.74 Å². The molecule has 17 heavy (non-hydrogen) atoms. The molecule has 3 aromatic rings. The van der Waals surface area contributed by atoms with Gasteiger partial charge in [0, 0.05) is 18.5 Å². The highest BCUT2D eigenvalue weighted by Gasteiger charge is 2.13. The van der Waals surface area contributed by atoms with Gasteiger partial charge in [-0.25, -0.2) is 0 Å². The highest BCUT2D eigenvalue weighted by atomic mass is 32.1. The topological polar surface area (TPSA) is 40.8 Å².